The number of aliphatic hydroxyl groups excluding tert-OH is 1. The van der Waals surface area contributed by atoms with Gasteiger partial charge in [-0.1, -0.05) is 45.2 Å². The second-order valence-electron chi connectivity index (χ2n) is 8.87. The van der Waals surface area contributed by atoms with Gasteiger partial charge in [0.2, 0.25) is 5.82 Å². The van der Waals surface area contributed by atoms with Gasteiger partial charge in [0.1, 0.15) is 17.9 Å². The number of aliphatic hydroxyl groups is 1. The quantitative estimate of drug-likeness (QED) is 0.673. The predicted octanol–water partition coefficient (Wildman–Crippen LogP) is 3.35. The maximum atomic E-state index is 12.8. The SMILES string of the molecule is CC1(C)C(NC(=O)c2cnc(C#CCCO)nc2)C(C)(C)C1Oc1ccc(C#N)c(Cl)c1. The minimum Gasteiger partial charge on any atom is -0.489 e. The van der Waals surface area contributed by atoms with Crippen molar-refractivity contribution in [2.75, 3.05) is 6.61 Å². The molecule has 1 amide bonds. The zero-order valence-corrected chi connectivity index (χ0v) is 19.2. The lowest BCUT2D eigenvalue weighted by Crippen LogP contribution is -2.74. The molecule has 0 spiro atoms. The molecule has 0 saturated heterocycles. The fraction of sp³-hybridized carbons (Fsp3) is 0.417. The van der Waals surface area contributed by atoms with Gasteiger partial charge in [-0.2, -0.15) is 5.26 Å². The summed E-state index contributed by atoms with van der Waals surface area (Å²) in [6.07, 6.45) is 3.03. The Labute approximate surface area is 192 Å². The zero-order valence-electron chi connectivity index (χ0n) is 18.4. The number of aromatic nitrogens is 2. The monoisotopic (exact) mass is 452 g/mol. The van der Waals surface area contributed by atoms with E-state index in [0.29, 0.717) is 34.1 Å². The number of nitrogens with one attached hydrogen (secondary N) is 1. The first kappa shape index (κ1) is 23.5. The van der Waals surface area contributed by atoms with Crippen molar-refractivity contribution in [1.82, 2.24) is 15.3 Å². The smallest absolute Gasteiger partial charge is 0.254 e. The first-order valence-electron chi connectivity index (χ1n) is 10.2. The second-order valence-corrected chi connectivity index (χ2v) is 9.28. The average Bonchev–Trinajstić information content (AvgIpc) is 2.76. The van der Waals surface area contributed by atoms with E-state index in [2.05, 4.69) is 27.1 Å². The van der Waals surface area contributed by atoms with E-state index in [0.717, 1.165) is 0 Å². The summed E-state index contributed by atoms with van der Waals surface area (Å²) in [5.41, 5.74) is 0.00287. The third-order valence-corrected chi connectivity index (χ3v) is 6.09. The summed E-state index contributed by atoms with van der Waals surface area (Å²) in [5, 5.41) is 21.3. The molecule has 32 heavy (non-hydrogen) atoms. The van der Waals surface area contributed by atoms with Crippen molar-refractivity contribution in [3.05, 3.63) is 52.6 Å². The van der Waals surface area contributed by atoms with Gasteiger partial charge in [-0.05, 0) is 18.1 Å². The van der Waals surface area contributed by atoms with Crippen molar-refractivity contribution in [3.8, 4) is 23.7 Å². The van der Waals surface area contributed by atoms with Crippen molar-refractivity contribution >= 4 is 17.5 Å². The Morgan fingerprint density at radius 1 is 1.25 bits per heavy atom. The van der Waals surface area contributed by atoms with Gasteiger partial charge < -0.3 is 15.2 Å². The maximum Gasteiger partial charge on any atom is 0.254 e. The molecule has 0 unspecified atom stereocenters. The molecule has 1 aliphatic carbocycles. The minimum atomic E-state index is -0.365. The van der Waals surface area contributed by atoms with Crippen LogP contribution in [-0.4, -0.2) is 39.7 Å². The molecule has 0 atom stereocenters. The molecule has 7 nitrogen and oxygen atoms in total. The number of carbonyl (C=O) groups is 1. The summed E-state index contributed by atoms with van der Waals surface area (Å²) in [6, 6.07) is 6.87. The van der Waals surface area contributed by atoms with Gasteiger partial charge in [-0.15, -0.1) is 0 Å². The number of nitrogens with zero attached hydrogens (tertiary/aromatic N) is 3. The second kappa shape index (κ2) is 9.16. The molecule has 166 valence electrons. The van der Waals surface area contributed by atoms with E-state index in [1.807, 2.05) is 33.8 Å². The van der Waals surface area contributed by atoms with E-state index in [-0.39, 0.29) is 35.5 Å². The van der Waals surface area contributed by atoms with Gasteiger partial charge in [-0.3, -0.25) is 4.79 Å². The molecule has 1 aromatic carbocycles. The topological polar surface area (TPSA) is 108 Å². The summed E-state index contributed by atoms with van der Waals surface area (Å²) in [6.45, 7) is 8.12. The van der Waals surface area contributed by atoms with Crippen LogP contribution in [0.3, 0.4) is 0 Å². The van der Waals surface area contributed by atoms with Crippen molar-refractivity contribution < 1.29 is 14.6 Å². The molecule has 2 aromatic rings. The molecule has 1 heterocycles. The van der Waals surface area contributed by atoms with Crippen LogP contribution in [0.2, 0.25) is 5.02 Å². The van der Waals surface area contributed by atoms with Crippen LogP contribution in [0.15, 0.2) is 30.6 Å². The van der Waals surface area contributed by atoms with E-state index < -0.39 is 0 Å². The fourth-order valence-electron chi connectivity index (χ4n) is 4.52. The lowest BCUT2D eigenvalue weighted by atomic mass is 9.49. The lowest BCUT2D eigenvalue weighted by molar-refractivity contribution is -0.164. The highest BCUT2D eigenvalue weighted by molar-refractivity contribution is 6.31. The van der Waals surface area contributed by atoms with Crippen molar-refractivity contribution in [1.29, 1.82) is 5.26 Å². The first-order valence-corrected chi connectivity index (χ1v) is 10.6. The summed E-state index contributed by atoms with van der Waals surface area (Å²) < 4.78 is 6.24. The molecule has 0 aliphatic heterocycles. The molecule has 1 aliphatic rings. The van der Waals surface area contributed by atoms with Crippen LogP contribution in [0.25, 0.3) is 0 Å². The number of nitriles is 1. The third-order valence-electron chi connectivity index (χ3n) is 5.78. The molecule has 1 saturated carbocycles. The molecule has 2 N–H and O–H groups in total. The first-order chi connectivity index (χ1) is 15.1. The average molecular weight is 453 g/mol. The van der Waals surface area contributed by atoms with Crippen LogP contribution >= 0.6 is 11.6 Å². The molecule has 1 aromatic heterocycles. The number of hydrogen-bond donors (Lipinski definition) is 2. The van der Waals surface area contributed by atoms with Crippen LogP contribution in [-0.2, 0) is 0 Å². The summed E-state index contributed by atoms with van der Waals surface area (Å²) in [5.74, 6) is 6.08. The van der Waals surface area contributed by atoms with Crippen LogP contribution in [0.5, 0.6) is 5.75 Å². The van der Waals surface area contributed by atoms with E-state index >= 15 is 0 Å². The highest BCUT2D eigenvalue weighted by Gasteiger charge is 2.64. The van der Waals surface area contributed by atoms with Gasteiger partial charge in [-0.25, -0.2) is 9.97 Å². The Hall–Kier alpha value is -3.13. The minimum absolute atomic E-state index is 0.0244. The van der Waals surface area contributed by atoms with Gasteiger partial charge in [0.15, 0.2) is 0 Å². The van der Waals surface area contributed by atoms with Crippen LogP contribution < -0.4 is 10.1 Å². The maximum absolute atomic E-state index is 12.8. The number of rotatable bonds is 5. The van der Waals surface area contributed by atoms with Crippen LogP contribution in [0.4, 0.5) is 0 Å². The van der Waals surface area contributed by atoms with E-state index in [9.17, 15) is 4.79 Å². The molecule has 1 fully saturated rings. The number of hydrogen-bond acceptors (Lipinski definition) is 6. The van der Waals surface area contributed by atoms with Crippen molar-refractivity contribution in [2.24, 2.45) is 10.8 Å². The largest absolute Gasteiger partial charge is 0.489 e. The van der Waals surface area contributed by atoms with Gasteiger partial charge >= 0.3 is 0 Å². The summed E-state index contributed by atoms with van der Waals surface area (Å²) >= 11 is 6.14. The number of carbonyl (C=O) groups excluding carboxylic acids is 1. The predicted molar refractivity (Wildman–Crippen MR) is 120 cm³/mol. The third kappa shape index (κ3) is 4.55. The van der Waals surface area contributed by atoms with E-state index in [1.165, 1.54) is 12.4 Å². The van der Waals surface area contributed by atoms with E-state index in [4.69, 9.17) is 26.7 Å². The Balaban J connectivity index is 1.70. The normalized spacial score (nSPS) is 20.2. The Kier molecular flexibility index (Phi) is 6.74. The summed E-state index contributed by atoms with van der Waals surface area (Å²) in [7, 11) is 0. The molecule has 8 heteroatoms. The molecular weight excluding hydrogens is 428 g/mol. The highest BCUT2D eigenvalue weighted by atomic mass is 35.5. The van der Waals surface area contributed by atoms with Crippen LogP contribution in [0, 0.1) is 34.0 Å². The molecular formula is C24H25ClN4O3. The van der Waals surface area contributed by atoms with Crippen molar-refractivity contribution in [3.63, 3.8) is 0 Å². The molecule has 0 radical (unpaired) electrons. The highest BCUT2D eigenvalue weighted by Crippen LogP contribution is 2.55. The molecule has 3 rings (SSSR count). The van der Waals surface area contributed by atoms with Crippen molar-refractivity contribution in [2.45, 2.75) is 46.3 Å². The molecule has 0 bridgehead atoms. The Morgan fingerprint density at radius 3 is 2.47 bits per heavy atom. The zero-order chi connectivity index (χ0) is 23.5. The Morgan fingerprint density at radius 2 is 1.91 bits per heavy atom. The van der Waals surface area contributed by atoms with E-state index in [1.54, 1.807) is 18.2 Å². The number of ether oxygens (including phenoxy) is 1. The van der Waals surface area contributed by atoms with Gasteiger partial charge in [0, 0.05) is 41.8 Å². The van der Waals surface area contributed by atoms with Gasteiger partial charge in [0.05, 0.1) is 22.8 Å². The number of amides is 1. The lowest BCUT2D eigenvalue weighted by Gasteiger charge is -2.63. The standard InChI is InChI=1S/C24H25ClN4O3/c1-23(2)21(29-20(31)16-13-27-19(28-14-16)7-5-6-10-30)24(3,4)22(23)32-17-9-8-15(12-26)18(25)11-17/h8-9,11,13-14,21-22,30H,6,10H2,1-4H3,(H,29,31). The number of halogens is 1. The van der Waals surface area contributed by atoms with Gasteiger partial charge in [0.25, 0.3) is 5.91 Å². The van der Waals surface area contributed by atoms with Crippen LogP contribution in [0.1, 0.15) is 55.9 Å². The number of benzene rings is 1. The fourth-order valence-corrected chi connectivity index (χ4v) is 4.73. The summed E-state index contributed by atoms with van der Waals surface area (Å²) in [4.78, 5) is 21.0. The Bertz CT molecular complexity index is 1090.